The SMILES string of the molecule is N#Cc1cc(OCCCCl)c(OCCCCl)cc1[N+](=O)[O-]. The molecular formula is C13H14Cl2N2O4. The van der Waals surface area contributed by atoms with Crippen LogP contribution in [0.4, 0.5) is 5.69 Å². The van der Waals surface area contributed by atoms with Crippen LogP contribution in [0.1, 0.15) is 18.4 Å². The van der Waals surface area contributed by atoms with E-state index in [2.05, 4.69) is 0 Å². The molecule has 114 valence electrons. The van der Waals surface area contributed by atoms with Gasteiger partial charge in [-0.05, 0) is 12.8 Å². The molecule has 21 heavy (non-hydrogen) atoms. The summed E-state index contributed by atoms with van der Waals surface area (Å²) in [7, 11) is 0. The molecule has 0 bridgehead atoms. The van der Waals surface area contributed by atoms with Crippen LogP contribution in [0.5, 0.6) is 11.5 Å². The standard InChI is InChI=1S/C13H14Cl2N2O4/c14-3-1-5-20-12-7-10(9-16)11(17(18)19)8-13(12)21-6-2-4-15/h7-8H,1-6H2. The molecule has 0 radical (unpaired) electrons. The van der Waals surface area contributed by atoms with Crippen LogP contribution in [0.25, 0.3) is 0 Å². The second-order valence-electron chi connectivity index (χ2n) is 3.97. The third-order valence-corrected chi connectivity index (χ3v) is 2.98. The Hall–Kier alpha value is -1.71. The molecule has 1 aromatic rings. The number of hydrogen-bond donors (Lipinski definition) is 0. The summed E-state index contributed by atoms with van der Waals surface area (Å²) in [6.07, 6.45) is 1.21. The van der Waals surface area contributed by atoms with Gasteiger partial charge in [0, 0.05) is 17.8 Å². The fraction of sp³-hybridized carbons (Fsp3) is 0.462. The Labute approximate surface area is 132 Å². The number of hydrogen-bond acceptors (Lipinski definition) is 5. The molecule has 0 fully saturated rings. The van der Waals surface area contributed by atoms with Gasteiger partial charge in [-0.1, -0.05) is 0 Å². The van der Waals surface area contributed by atoms with E-state index in [0.717, 1.165) is 0 Å². The Morgan fingerprint density at radius 1 is 1.14 bits per heavy atom. The van der Waals surface area contributed by atoms with Crippen LogP contribution in [0.15, 0.2) is 12.1 Å². The number of nitrogens with zero attached hydrogens (tertiary/aromatic N) is 2. The van der Waals surface area contributed by atoms with Gasteiger partial charge in [-0.25, -0.2) is 0 Å². The van der Waals surface area contributed by atoms with Crippen LogP contribution in [-0.4, -0.2) is 29.9 Å². The first-order valence-corrected chi connectivity index (χ1v) is 7.31. The molecule has 0 N–H and O–H groups in total. The Morgan fingerprint density at radius 2 is 1.67 bits per heavy atom. The number of halogens is 2. The number of nitro groups is 1. The molecule has 8 heteroatoms. The lowest BCUT2D eigenvalue weighted by Crippen LogP contribution is -2.05. The predicted molar refractivity (Wildman–Crippen MR) is 79.5 cm³/mol. The van der Waals surface area contributed by atoms with Gasteiger partial charge in [0.2, 0.25) is 0 Å². The number of nitriles is 1. The predicted octanol–water partition coefficient (Wildman–Crippen LogP) is 3.48. The van der Waals surface area contributed by atoms with Crippen LogP contribution < -0.4 is 9.47 Å². The smallest absolute Gasteiger partial charge is 0.291 e. The van der Waals surface area contributed by atoms with Crippen molar-refractivity contribution in [3.8, 4) is 17.6 Å². The molecule has 0 aliphatic rings. The summed E-state index contributed by atoms with van der Waals surface area (Å²) in [6, 6.07) is 4.28. The monoisotopic (exact) mass is 332 g/mol. The zero-order chi connectivity index (χ0) is 15.7. The highest BCUT2D eigenvalue weighted by atomic mass is 35.5. The molecular weight excluding hydrogens is 319 g/mol. The van der Waals surface area contributed by atoms with Crippen molar-refractivity contribution >= 4 is 28.9 Å². The van der Waals surface area contributed by atoms with Crippen molar-refractivity contribution in [1.29, 1.82) is 5.26 Å². The highest BCUT2D eigenvalue weighted by Gasteiger charge is 2.20. The van der Waals surface area contributed by atoms with E-state index in [4.69, 9.17) is 37.9 Å². The highest BCUT2D eigenvalue weighted by Crippen LogP contribution is 2.34. The Kier molecular flexibility index (Phi) is 7.65. The van der Waals surface area contributed by atoms with E-state index >= 15 is 0 Å². The lowest BCUT2D eigenvalue weighted by molar-refractivity contribution is -0.385. The lowest BCUT2D eigenvalue weighted by atomic mass is 10.1. The van der Waals surface area contributed by atoms with Gasteiger partial charge >= 0.3 is 0 Å². The quantitative estimate of drug-likeness (QED) is 0.299. The van der Waals surface area contributed by atoms with E-state index in [9.17, 15) is 10.1 Å². The van der Waals surface area contributed by atoms with Crippen LogP contribution >= 0.6 is 23.2 Å². The molecule has 0 aliphatic heterocycles. The summed E-state index contributed by atoms with van der Waals surface area (Å²) < 4.78 is 10.9. The molecule has 0 spiro atoms. The minimum Gasteiger partial charge on any atom is -0.490 e. The molecule has 1 aromatic carbocycles. The average Bonchev–Trinajstić information content (AvgIpc) is 2.48. The van der Waals surface area contributed by atoms with E-state index in [1.54, 1.807) is 6.07 Å². The van der Waals surface area contributed by atoms with Gasteiger partial charge in [-0.3, -0.25) is 10.1 Å². The first kappa shape index (κ1) is 17.3. The maximum atomic E-state index is 11.0. The maximum Gasteiger partial charge on any atom is 0.291 e. The van der Waals surface area contributed by atoms with Gasteiger partial charge in [-0.2, -0.15) is 5.26 Å². The van der Waals surface area contributed by atoms with E-state index in [1.165, 1.54) is 12.1 Å². The van der Waals surface area contributed by atoms with Crippen molar-refractivity contribution in [3.63, 3.8) is 0 Å². The summed E-state index contributed by atoms with van der Waals surface area (Å²) in [5.41, 5.74) is -0.395. The van der Waals surface area contributed by atoms with Crippen molar-refractivity contribution in [2.75, 3.05) is 25.0 Å². The maximum absolute atomic E-state index is 11.0. The van der Waals surface area contributed by atoms with Crippen LogP contribution in [0.2, 0.25) is 0 Å². The third kappa shape index (κ3) is 5.29. The minimum absolute atomic E-state index is 0.0782. The Bertz CT molecular complexity index is 532. The van der Waals surface area contributed by atoms with Gasteiger partial charge in [0.05, 0.1) is 24.2 Å². The fourth-order valence-corrected chi connectivity index (χ4v) is 1.71. The summed E-state index contributed by atoms with van der Waals surface area (Å²) in [5.74, 6) is 1.36. The Balaban J connectivity index is 3.05. The number of alkyl halides is 2. The molecule has 6 nitrogen and oxygen atoms in total. The average molecular weight is 333 g/mol. The second kappa shape index (κ2) is 9.27. The molecule has 0 atom stereocenters. The van der Waals surface area contributed by atoms with Crippen LogP contribution in [0, 0.1) is 21.4 Å². The van der Waals surface area contributed by atoms with E-state index in [-0.39, 0.29) is 22.7 Å². The van der Waals surface area contributed by atoms with Crippen molar-refractivity contribution in [1.82, 2.24) is 0 Å². The lowest BCUT2D eigenvalue weighted by Gasteiger charge is -2.12. The summed E-state index contributed by atoms with van der Waals surface area (Å²) in [6.45, 7) is 0.635. The van der Waals surface area contributed by atoms with E-state index in [0.29, 0.717) is 37.8 Å². The van der Waals surface area contributed by atoms with Crippen molar-refractivity contribution in [2.24, 2.45) is 0 Å². The van der Waals surface area contributed by atoms with Crippen molar-refractivity contribution < 1.29 is 14.4 Å². The first-order valence-electron chi connectivity index (χ1n) is 6.24. The summed E-state index contributed by atoms with van der Waals surface area (Å²) >= 11 is 11.1. The minimum atomic E-state index is -0.629. The van der Waals surface area contributed by atoms with Gasteiger partial charge in [-0.15, -0.1) is 23.2 Å². The molecule has 0 aliphatic carbocycles. The number of nitro benzene ring substituents is 1. The van der Waals surface area contributed by atoms with Gasteiger partial charge < -0.3 is 9.47 Å². The summed E-state index contributed by atoms with van der Waals surface area (Å²) in [4.78, 5) is 10.3. The zero-order valence-corrected chi connectivity index (χ0v) is 12.7. The van der Waals surface area contributed by atoms with Gasteiger partial charge in [0.1, 0.15) is 11.6 Å². The normalized spacial score (nSPS) is 9.95. The number of rotatable bonds is 9. The molecule has 0 unspecified atom stereocenters. The highest BCUT2D eigenvalue weighted by molar-refractivity contribution is 6.18. The first-order chi connectivity index (χ1) is 10.1. The van der Waals surface area contributed by atoms with Gasteiger partial charge in [0.25, 0.3) is 5.69 Å². The molecule has 0 saturated carbocycles. The van der Waals surface area contributed by atoms with Crippen LogP contribution in [0.3, 0.4) is 0 Å². The topological polar surface area (TPSA) is 85.4 Å². The van der Waals surface area contributed by atoms with E-state index in [1.807, 2.05) is 0 Å². The Morgan fingerprint density at radius 3 is 2.10 bits per heavy atom. The van der Waals surface area contributed by atoms with Crippen LogP contribution in [-0.2, 0) is 0 Å². The third-order valence-electron chi connectivity index (χ3n) is 2.45. The molecule has 0 amide bonds. The number of ether oxygens (including phenoxy) is 2. The molecule has 1 rings (SSSR count). The molecule has 0 heterocycles. The van der Waals surface area contributed by atoms with Gasteiger partial charge in [0.15, 0.2) is 11.5 Å². The summed E-state index contributed by atoms with van der Waals surface area (Å²) in [5, 5.41) is 19.9. The van der Waals surface area contributed by atoms with Crippen molar-refractivity contribution in [3.05, 3.63) is 27.8 Å². The molecule has 0 saturated heterocycles. The number of benzene rings is 1. The largest absolute Gasteiger partial charge is 0.490 e. The second-order valence-corrected chi connectivity index (χ2v) is 4.72. The van der Waals surface area contributed by atoms with Crippen molar-refractivity contribution in [2.45, 2.75) is 12.8 Å². The molecule has 0 aromatic heterocycles. The fourth-order valence-electron chi connectivity index (χ4n) is 1.49. The van der Waals surface area contributed by atoms with E-state index < -0.39 is 4.92 Å². The zero-order valence-electron chi connectivity index (χ0n) is 11.2.